The first kappa shape index (κ1) is 23.0. The fourth-order valence-corrected chi connectivity index (χ4v) is 3.78. The van der Waals surface area contributed by atoms with Gasteiger partial charge in [-0.1, -0.05) is 103 Å². The summed E-state index contributed by atoms with van der Waals surface area (Å²) in [7, 11) is 0. The molecule has 0 atom stereocenters. The number of aryl methyl sites for hydroxylation is 1. The minimum absolute atomic E-state index is 1.14. The lowest BCUT2D eigenvalue weighted by Gasteiger charge is -2.03. The predicted molar refractivity (Wildman–Crippen MR) is 115 cm³/mol. The number of imidazole rings is 1. The fraction of sp³-hybridized carbons (Fsp3) is 0.792. The average Bonchev–Trinajstić information content (AvgIpc) is 3.01. The molecule has 0 amide bonds. The van der Waals surface area contributed by atoms with Crippen molar-refractivity contribution in [3.8, 4) is 0 Å². The summed E-state index contributed by atoms with van der Waals surface area (Å²) in [6.45, 7) is 9.43. The van der Waals surface area contributed by atoms with Gasteiger partial charge < -0.3 is 0 Å². The van der Waals surface area contributed by atoms with Gasteiger partial charge in [0.25, 0.3) is 5.82 Å². The number of hydrogen-bond acceptors (Lipinski definition) is 0. The molecule has 26 heavy (non-hydrogen) atoms. The molecule has 150 valence electrons. The van der Waals surface area contributed by atoms with Crippen molar-refractivity contribution in [2.45, 2.75) is 123 Å². The van der Waals surface area contributed by atoms with Crippen molar-refractivity contribution in [3.63, 3.8) is 0 Å². The third-order valence-corrected chi connectivity index (χ3v) is 5.65. The van der Waals surface area contributed by atoms with Crippen molar-refractivity contribution in [2.75, 3.05) is 0 Å². The van der Waals surface area contributed by atoms with Crippen LogP contribution in [-0.2, 0) is 6.54 Å². The monoisotopic (exact) mass is 361 g/mol. The summed E-state index contributed by atoms with van der Waals surface area (Å²) in [5.41, 5.74) is 0. The highest BCUT2D eigenvalue weighted by atomic mass is 15.1. The molecule has 1 aromatic rings. The van der Waals surface area contributed by atoms with E-state index in [9.17, 15) is 0 Å². The van der Waals surface area contributed by atoms with Crippen molar-refractivity contribution < 1.29 is 4.57 Å². The summed E-state index contributed by atoms with van der Waals surface area (Å²) in [5.74, 6) is 1.28. The molecule has 0 fully saturated rings. The van der Waals surface area contributed by atoms with E-state index in [1.165, 1.54) is 109 Å². The van der Waals surface area contributed by atoms with E-state index in [2.05, 4.69) is 42.0 Å². The number of rotatable bonds is 18. The first-order chi connectivity index (χ1) is 12.8. The predicted octanol–water partition coefficient (Wildman–Crippen LogP) is 7.45. The van der Waals surface area contributed by atoms with Crippen LogP contribution >= 0.6 is 0 Å². The van der Waals surface area contributed by atoms with Gasteiger partial charge in [-0.05, 0) is 12.8 Å². The molecule has 0 radical (unpaired) electrons. The molecular formula is C24H45N2+. The molecule has 1 heterocycles. The summed E-state index contributed by atoms with van der Waals surface area (Å²) in [6.07, 6.45) is 29.0. The van der Waals surface area contributed by atoms with Crippen LogP contribution in [0.1, 0.15) is 115 Å². The Kier molecular flexibility index (Phi) is 14.3. The topological polar surface area (TPSA) is 8.81 Å². The highest BCUT2D eigenvalue weighted by Gasteiger charge is 2.08. The average molecular weight is 362 g/mol. The molecule has 0 spiro atoms. The van der Waals surface area contributed by atoms with Gasteiger partial charge in [-0.2, -0.15) is 0 Å². The lowest BCUT2D eigenvalue weighted by Crippen LogP contribution is -2.35. The Morgan fingerprint density at radius 2 is 1.19 bits per heavy atom. The van der Waals surface area contributed by atoms with Crippen LogP contribution in [0.4, 0.5) is 0 Å². The van der Waals surface area contributed by atoms with Gasteiger partial charge in [0.15, 0.2) is 0 Å². The van der Waals surface area contributed by atoms with E-state index in [1.54, 1.807) is 0 Å². The minimum atomic E-state index is 1.14. The fourth-order valence-electron chi connectivity index (χ4n) is 3.78. The molecule has 0 saturated carbocycles. The van der Waals surface area contributed by atoms with Crippen LogP contribution < -0.4 is 4.57 Å². The van der Waals surface area contributed by atoms with Gasteiger partial charge in [-0.25, -0.2) is 9.13 Å². The maximum absolute atomic E-state index is 3.83. The first-order valence-corrected chi connectivity index (χ1v) is 11.5. The standard InChI is InChI=1S/C24H45N2/c1-4-6-7-8-9-10-11-12-13-14-15-16-17-18-19-20-21-26-23-22-25(5-2)24(26)3/h5,22-23H,2,4,6-21H2,1,3H3/q+1. The summed E-state index contributed by atoms with van der Waals surface area (Å²) in [4.78, 5) is 0. The molecule has 0 unspecified atom stereocenters. The van der Waals surface area contributed by atoms with Gasteiger partial charge in [-0.15, -0.1) is 0 Å². The quantitative estimate of drug-likeness (QED) is 0.190. The van der Waals surface area contributed by atoms with Gasteiger partial charge in [0, 0.05) is 6.92 Å². The van der Waals surface area contributed by atoms with Gasteiger partial charge >= 0.3 is 0 Å². The van der Waals surface area contributed by atoms with Crippen molar-refractivity contribution in [1.29, 1.82) is 0 Å². The van der Waals surface area contributed by atoms with Crippen molar-refractivity contribution >= 4 is 6.20 Å². The molecular weight excluding hydrogens is 316 g/mol. The molecule has 0 bridgehead atoms. The van der Waals surface area contributed by atoms with Crippen LogP contribution in [0.25, 0.3) is 6.20 Å². The second-order valence-corrected chi connectivity index (χ2v) is 7.93. The molecule has 1 rings (SSSR count). The van der Waals surface area contributed by atoms with E-state index in [1.807, 2.05) is 6.20 Å². The summed E-state index contributed by atoms with van der Waals surface area (Å²) < 4.78 is 4.43. The summed E-state index contributed by atoms with van der Waals surface area (Å²) in [6, 6.07) is 0. The zero-order chi connectivity index (χ0) is 18.9. The molecule has 2 nitrogen and oxygen atoms in total. The molecule has 0 aliphatic rings. The minimum Gasteiger partial charge on any atom is -0.234 e. The Balaban J connectivity index is 1.79. The van der Waals surface area contributed by atoms with Crippen LogP contribution in [0, 0.1) is 6.92 Å². The van der Waals surface area contributed by atoms with Crippen LogP contribution in [0.15, 0.2) is 19.0 Å². The third kappa shape index (κ3) is 10.8. The summed E-state index contributed by atoms with van der Waals surface area (Å²) >= 11 is 0. The van der Waals surface area contributed by atoms with Crippen LogP contribution in [0.5, 0.6) is 0 Å². The second kappa shape index (κ2) is 16.1. The molecule has 0 saturated heterocycles. The van der Waals surface area contributed by atoms with Crippen LogP contribution in [-0.4, -0.2) is 4.57 Å². The van der Waals surface area contributed by atoms with E-state index >= 15 is 0 Å². The highest BCUT2D eigenvalue weighted by molar-refractivity contribution is 5.16. The Labute approximate surface area is 163 Å². The van der Waals surface area contributed by atoms with E-state index in [0.717, 1.165) is 6.54 Å². The van der Waals surface area contributed by atoms with Gasteiger partial charge in [0.05, 0.1) is 12.7 Å². The number of hydrogen-bond donors (Lipinski definition) is 0. The van der Waals surface area contributed by atoms with Crippen molar-refractivity contribution in [2.24, 2.45) is 0 Å². The van der Waals surface area contributed by atoms with E-state index < -0.39 is 0 Å². The normalized spacial score (nSPS) is 11.2. The Bertz CT molecular complexity index is 447. The molecule has 0 aliphatic carbocycles. The second-order valence-electron chi connectivity index (χ2n) is 7.93. The van der Waals surface area contributed by atoms with E-state index in [-0.39, 0.29) is 0 Å². The van der Waals surface area contributed by atoms with Gasteiger partial charge in [0.1, 0.15) is 12.4 Å². The smallest absolute Gasteiger partial charge is 0.234 e. The van der Waals surface area contributed by atoms with E-state index in [4.69, 9.17) is 0 Å². The lowest BCUT2D eigenvalue weighted by atomic mass is 10.0. The van der Waals surface area contributed by atoms with Crippen molar-refractivity contribution in [1.82, 2.24) is 4.57 Å². The molecule has 1 aromatic heterocycles. The molecule has 0 aromatic carbocycles. The SMILES string of the molecule is C=Cn1cc[n+](CCCCCCCCCCCCCCCCCC)c1C. The maximum atomic E-state index is 3.83. The van der Waals surface area contributed by atoms with E-state index in [0.29, 0.717) is 0 Å². The van der Waals surface area contributed by atoms with Crippen molar-refractivity contribution in [3.05, 3.63) is 24.8 Å². The van der Waals surface area contributed by atoms with Gasteiger partial charge in [0.2, 0.25) is 0 Å². The highest BCUT2D eigenvalue weighted by Crippen LogP contribution is 2.13. The largest absolute Gasteiger partial charge is 0.257 e. The molecule has 2 heteroatoms. The molecule has 0 aliphatic heterocycles. The maximum Gasteiger partial charge on any atom is 0.257 e. The lowest BCUT2D eigenvalue weighted by molar-refractivity contribution is -0.702. The third-order valence-electron chi connectivity index (χ3n) is 5.65. The first-order valence-electron chi connectivity index (χ1n) is 11.5. The molecule has 0 N–H and O–H groups in total. The number of aromatic nitrogens is 2. The Morgan fingerprint density at radius 3 is 1.58 bits per heavy atom. The van der Waals surface area contributed by atoms with Crippen LogP contribution in [0.3, 0.4) is 0 Å². The van der Waals surface area contributed by atoms with Gasteiger partial charge in [-0.3, -0.25) is 0 Å². The summed E-state index contributed by atoms with van der Waals surface area (Å²) in [5, 5.41) is 0. The zero-order valence-corrected chi connectivity index (χ0v) is 17.9. The van der Waals surface area contributed by atoms with Crippen LogP contribution in [0.2, 0.25) is 0 Å². The Morgan fingerprint density at radius 1 is 0.769 bits per heavy atom. The zero-order valence-electron chi connectivity index (χ0n) is 17.9. The number of unbranched alkanes of at least 4 members (excludes halogenated alkanes) is 15. The Hall–Kier alpha value is -1.05. The number of nitrogens with zero attached hydrogens (tertiary/aromatic N) is 2.